The molecule has 0 unspecified atom stereocenters. The van der Waals surface area contributed by atoms with E-state index >= 15 is 0 Å². The molecule has 21 heavy (non-hydrogen) atoms. The highest BCUT2D eigenvalue weighted by atomic mass is 32.1. The third-order valence-electron chi connectivity index (χ3n) is 4.52. The molecule has 2 N–H and O–H groups in total. The van der Waals surface area contributed by atoms with Gasteiger partial charge in [-0.2, -0.15) is 0 Å². The van der Waals surface area contributed by atoms with Gasteiger partial charge in [-0.1, -0.05) is 19.9 Å². The van der Waals surface area contributed by atoms with Gasteiger partial charge < -0.3 is 10.6 Å². The summed E-state index contributed by atoms with van der Waals surface area (Å²) in [6, 6.07) is 4.27. The van der Waals surface area contributed by atoms with Gasteiger partial charge >= 0.3 is 0 Å². The summed E-state index contributed by atoms with van der Waals surface area (Å²) in [5.41, 5.74) is 5.59. The summed E-state index contributed by atoms with van der Waals surface area (Å²) in [5.74, 6) is 0.130. The first kappa shape index (κ1) is 16.5. The van der Waals surface area contributed by atoms with Crippen LogP contribution < -0.4 is 5.73 Å². The van der Waals surface area contributed by atoms with Crippen LogP contribution in [0.2, 0.25) is 0 Å². The minimum absolute atomic E-state index is 0.130. The van der Waals surface area contributed by atoms with Crippen molar-refractivity contribution in [2.45, 2.75) is 45.2 Å². The molecule has 118 valence electrons. The van der Waals surface area contributed by atoms with E-state index < -0.39 is 5.54 Å². The molecule has 0 saturated carbocycles. The van der Waals surface area contributed by atoms with E-state index in [4.69, 9.17) is 5.73 Å². The van der Waals surface area contributed by atoms with Gasteiger partial charge in [0.25, 0.3) is 0 Å². The van der Waals surface area contributed by atoms with Crippen LogP contribution >= 0.6 is 11.3 Å². The molecule has 1 aromatic rings. The molecule has 0 bridgehead atoms. The van der Waals surface area contributed by atoms with Gasteiger partial charge in [0, 0.05) is 37.6 Å². The van der Waals surface area contributed by atoms with Gasteiger partial charge in [0.15, 0.2) is 0 Å². The first-order valence-corrected chi connectivity index (χ1v) is 8.80. The molecule has 4 nitrogen and oxygen atoms in total. The Hall–Kier alpha value is -0.910. The number of nitrogens with zero attached hydrogens (tertiary/aromatic N) is 2. The number of rotatable bonds is 5. The quantitative estimate of drug-likeness (QED) is 0.908. The Morgan fingerprint density at radius 3 is 2.67 bits per heavy atom. The average Bonchev–Trinajstić information content (AvgIpc) is 2.90. The molecular formula is C16H27N3OS. The number of hydrogen-bond donors (Lipinski definition) is 1. The van der Waals surface area contributed by atoms with E-state index in [0.717, 1.165) is 39.1 Å². The van der Waals surface area contributed by atoms with Crippen molar-refractivity contribution in [2.75, 3.05) is 26.2 Å². The van der Waals surface area contributed by atoms with E-state index in [1.165, 1.54) is 4.88 Å². The second-order valence-electron chi connectivity index (χ2n) is 5.86. The minimum Gasteiger partial charge on any atom is -0.340 e. The third kappa shape index (κ3) is 4.05. The number of thiophene rings is 1. The Bertz CT molecular complexity index is 442. The lowest BCUT2D eigenvalue weighted by molar-refractivity contribution is -0.137. The van der Waals surface area contributed by atoms with Crippen LogP contribution in [0.1, 0.15) is 38.0 Å². The second kappa shape index (κ2) is 7.38. The zero-order chi connectivity index (χ0) is 15.3. The molecule has 2 heterocycles. The fourth-order valence-electron chi connectivity index (χ4n) is 2.82. The maximum absolute atomic E-state index is 12.6. The predicted molar refractivity (Wildman–Crippen MR) is 88.3 cm³/mol. The lowest BCUT2D eigenvalue weighted by Crippen LogP contribution is -2.55. The van der Waals surface area contributed by atoms with E-state index in [2.05, 4.69) is 22.4 Å². The number of amides is 1. The van der Waals surface area contributed by atoms with Crippen LogP contribution in [0.25, 0.3) is 0 Å². The lowest BCUT2D eigenvalue weighted by atomic mass is 9.92. The van der Waals surface area contributed by atoms with Crippen LogP contribution in [0.4, 0.5) is 0 Å². The molecule has 2 rings (SSSR count). The highest BCUT2D eigenvalue weighted by molar-refractivity contribution is 7.09. The van der Waals surface area contributed by atoms with Crippen molar-refractivity contribution in [2.24, 2.45) is 5.73 Å². The molecule has 0 spiro atoms. The Morgan fingerprint density at radius 2 is 2.05 bits per heavy atom. The van der Waals surface area contributed by atoms with Crippen molar-refractivity contribution in [3.63, 3.8) is 0 Å². The molecule has 1 fully saturated rings. The number of nitrogens with two attached hydrogens (primary N) is 1. The topological polar surface area (TPSA) is 49.6 Å². The highest BCUT2D eigenvalue weighted by Gasteiger charge is 2.34. The van der Waals surface area contributed by atoms with Gasteiger partial charge in [0.1, 0.15) is 0 Å². The molecule has 1 aromatic heterocycles. The zero-order valence-corrected chi connectivity index (χ0v) is 14.0. The lowest BCUT2D eigenvalue weighted by Gasteiger charge is -2.32. The normalized spacial score (nSPS) is 17.8. The van der Waals surface area contributed by atoms with E-state index in [1.807, 2.05) is 18.7 Å². The molecule has 0 atom stereocenters. The van der Waals surface area contributed by atoms with Gasteiger partial charge in [-0.25, -0.2) is 0 Å². The summed E-state index contributed by atoms with van der Waals surface area (Å²) in [7, 11) is 0. The molecule has 0 aromatic carbocycles. The van der Waals surface area contributed by atoms with E-state index in [-0.39, 0.29) is 5.91 Å². The summed E-state index contributed by atoms with van der Waals surface area (Å²) in [5, 5.41) is 2.12. The predicted octanol–water partition coefficient (Wildman–Crippen LogP) is 2.30. The fraction of sp³-hybridized carbons (Fsp3) is 0.688. The third-order valence-corrected chi connectivity index (χ3v) is 5.38. The maximum atomic E-state index is 12.6. The van der Waals surface area contributed by atoms with Crippen molar-refractivity contribution in [3.05, 3.63) is 22.4 Å². The SMILES string of the molecule is CCC(N)(CC)C(=O)N1CCCN(Cc2cccs2)CC1. The summed E-state index contributed by atoms with van der Waals surface area (Å²) >= 11 is 1.80. The number of hydrogen-bond acceptors (Lipinski definition) is 4. The van der Waals surface area contributed by atoms with Gasteiger partial charge in [0.05, 0.1) is 5.54 Å². The molecule has 0 radical (unpaired) electrons. The van der Waals surface area contributed by atoms with Crippen LogP contribution in [0.3, 0.4) is 0 Å². The molecule has 1 aliphatic rings. The zero-order valence-electron chi connectivity index (χ0n) is 13.2. The summed E-state index contributed by atoms with van der Waals surface area (Å²) in [4.78, 5) is 18.4. The monoisotopic (exact) mass is 309 g/mol. The number of carbonyl (C=O) groups is 1. The molecule has 1 aliphatic heterocycles. The molecule has 1 saturated heterocycles. The molecule has 5 heteroatoms. The summed E-state index contributed by atoms with van der Waals surface area (Å²) < 4.78 is 0. The van der Waals surface area contributed by atoms with Crippen molar-refractivity contribution in [1.29, 1.82) is 0 Å². The van der Waals surface area contributed by atoms with Crippen molar-refractivity contribution in [1.82, 2.24) is 9.80 Å². The smallest absolute Gasteiger partial charge is 0.242 e. The average molecular weight is 309 g/mol. The summed E-state index contributed by atoms with van der Waals surface area (Å²) in [6.07, 6.45) is 2.44. The Kier molecular flexibility index (Phi) is 5.79. The first-order chi connectivity index (χ1) is 10.1. The Labute approximate surface area is 131 Å². The first-order valence-electron chi connectivity index (χ1n) is 7.92. The maximum Gasteiger partial charge on any atom is 0.242 e. The van der Waals surface area contributed by atoms with Crippen LogP contribution in [0, 0.1) is 0 Å². The van der Waals surface area contributed by atoms with Gasteiger partial charge in [-0.05, 0) is 30.7 Å². The van der Waals surface area contributed by atoms with E-state index in [9.17, 15) is 4.79 Å². The van der Waals surface area contributed by atoms with Crippen LogP contribution in [0.15, 0.2) is 17.5 Å². The van der Waals surface area contributed by atoms with Crippen molar-refractivity contribution in [3.8, 4) is 0 Å². The van der Waals surface area contributed by atoms with E-state index in [0.29, 0.717) is 12.8 Å². The van der Waals surface area contributed by atoms with Crippen LogP contribution in [0.5, 0.6) is 0 Å². The van der Waals surface area contributed by atoms with Crippen molar-refractivity contribution >= 4 is 17.2 Å². The molecule has 0 aliphatic carbocycles. The standard InChI is InChI=1S/C16H27N3OS/c1-3-16(17,4-2)15(20)19-9-6-8-18(10-11-19)13-14-7-5-12-21-14/h5,7,12H,3-4,6,8-11,13,17H2,1-2H3. The number of carbonyl (C=O) groups excluding carboxylic acids is 1. The highest BCUT2D eigenvalue weighted by Crippen LogP contribution is 2.18. The van der Waals surface area contributed by atoms with Gasteiger partial charge in [-0.3, -0.25) is 9.69 Å². The van der Waals surface area contributed by atoms with Gasteiger partial charge in [0.2, 0.25) is 5.91 Å². The van der Waals surface area contributed by atoms with Crippen LogP contribution in [-0.2, 0) is 11.3 Å². The minimum atomic E-state index is -0.678. The fourth-order valence-corrected chi connectivity index (χ4v) is 3.57. The Balaban J connectivity index is 1.92. The molecular weight excluding hydrogens is 282 g/mol. The second-order valence-corrected chi connectivity index (χ2v) is 6.90. The summed E-state index contributed by atoms with van der Waals surface area (Å²) in [6.45, 7) is 8.62. The largest absolute Gasteiger partial charge is 0.340 e. The van der Waals surface area contributed by atoms with E-state index in [1.54, 1.807) is 11.3 Å². The van der Waals surface area contributed by atoms with Gasteiger partial charge in [-0.15, -0.1) is 11.3 Å². The van der Waals surface area contributed by atoms with Crippen molar-refractivity contribution < 1.29 is 4.79 Å². The van der Waals surface area contributed by atoms with Crippen LogP contribution in [-0.4, -0.2) is 47.4 Å². The Morgan fingerprint density at radius 1 is 1.29 bits per heavy atom. The molecule has 1 amide bonds.